The van der Waals surface area contributed by atoms with Crippen molar-refractivity contribution in [1.29, 1.82) is 0 Å². The molecule has 3 heterocycles. The Hall–Kier alpha value is -2.22. The first-order chi connectivity index (χ1) is 35.7. The topological polar surface area (TPSA) is 195 Å². The van der Waals surface area contributed by atoms with Crippen LogP contribution in [0.1, 0.15) is 92.2 Å². The molecule has 2 aromatic carbocycles. The summed E-state index contributed by atoms with van der Waals surface area (Å²) < 4.78 is 19.6. The summed E-state index contributed by atoms with van der Waals surface area (Å²) in [5.74, 6) is 3.35. The number of para-hydroxylation sites is 2. The third-order valence-corrected chi connectivity index (χ3v) is 20.7. The van der Waals surface area contributed by atoms with Crippen molar-refractivity contribution < 1.29 is 53.9 Å². The molecule has 3 aliphatic heterocycles. The highest BCUT2D eigenvalue weighted by Gasteiger charge is 2.59. The summed E-state index contributed by atoms with van der Waals surface area (Å²) >= 11 is 4.51. The first kappa shape index (κ1) is 58.9. The molecule has 9 aliphatic rings. The number of carbonyl (C=O) groups excluding carboxylic acids is 2. The minimum atomic E-state index is -0.825. The van der Waals surface area contributed by atoms with Crippen LogP contribution in [0.2, 0.25) is 0 Å². The van der Waals surface area contributed by atoms with Crippen LogP contribution in [0.15, 0.2) is 49.1 Å². The van der Waals surface area contributed by atoms with Crippen LogP contribution in [0.5, 0.6) is 11.5 Å². The van der Waals surface area contributed by atoms with Crippen molar-refractivity contribution in [1.82, 2.24) is 25.7 Å². The lowest BCUT2D eigenvalue weighted by atomic mass is 9.45. The van der Waals surface area contributed by atoms with Gasteiger partial charge in [0.25, 0.3) is 0 Å². The number of benzene rings is 2. The first-order valence-corrected chi connectivity index (χ1v) is 29.6. The molecule has 2 aromatic rings. The Morgan fingerprint density at radius 1 is 0.747 bits per heavy atom. The smallest absolute Gasteiger partial charge is 0.240 e. The number of aliphatic hydroxyl groups is 4. The van der Waals surface area contributed by atoms with Gasteiger partial charge < -0.3 is 45.3 Å². The first-order valence-electron chi connectivity index (χ1n) is 27.5. The Balaban J connectivity index is 0.000000201. The zero-order valence-corrected chi connectivity index (χ0v) is 49.7. The van der Waals surface area contributed by atoms with Gasteiger partial charge in [0, 0.05) is 54.7 Å². The zero-order valence-electron chi connectivity index (χ0n) is 45.3. The average molecular weight is 1270 g/mol. The van der Waals surface area contributed by atoms with Crippen molar-refractivity contribution in [2.75, 3.05) is 59.3 Å². The van der Waals surface area contributed by atoms with Crippen molar-refractivity contribution in [3.63, 3.8) is 0 Å². The predicted octanol–water partition coefficient (Wildman–Crippen LogP) is 6.18. The van der Waals surface area contributed by atoms with Crippen molar-refractivity contribution >= 4 is 57.0 Å². The molecule has 4 bridgehead atoms. The highest BCUT2D eigenvalue weighted by atomic mass is 127. The molecule has 6 aliphatic carbocycles. The number of carbonyl (C=O) groups is 2. The van der Waals surface area contributed by atoms with Gasteiger partial charge in [-0.15, -0.1) is 0 Å². The van der Waals surface area contributed by atoms with E-state index >= 15 is 0 Å². The fourth-order valence-corrected chi connectivity index (χ4v) is 15.6. The Kier molecular flexibility index (Phi) is 19.7. The number of ether oxygens (including phenoxy) is 3. The van der Waals surface area contributed by atoms with Gasteiger partial charge in [0.05, 0.1) is 58.9 Å². The molecule has 75 heavy (non-hydrogen) atoms. The summed E-state index contributed by atoms with van der Waals surface area (Å²) in [5.41, 5.74) is 2.44. The van der Waals surface area contributed by atoms with Gasteiger partial charge in [-0.25, -0.2) is 0 Å². The third-order valence-electron chi connectivity index (χ3n) is 19.0. The minimum absolute atomic E-state index is 0.103. The molecule has 0 spiro atoms. The molecule has 3 saturated heterocycles. The molecule has 2 unspecified atom stereocenters. The van der Waals surface area contributed by atoms with Crippen molar-refractivity contribution in [3.05, 3.63) is 67.3 Å². The summed E-state index contributed by atoms with van der Waals surface area (Å²) in [6.07, 6.45) is 3.14. The number of amides is 2. The molecule has 16 nitrogen and oxygen atoms in total. The molecule has 0 radical (unpaired) electrons. The summed E-state index contributed by atoms with van der Waals surface area (Å²) in [6.45, 7) is 26.0. The van der Waals surface area contributed by atoms with E-state index in [0.717, 1.165) is 75.5 Å². The van der Waals surface area contributed by atoms with Crippen LogP contribution < -0.4 is 20.1 Å². The molecule has 6 N–H and O–H groups in total. The van der Waals surface area contributed by atoms with Crippen molar-refractivity contribution in [3.8, 4) is 11.5 Å². The number of fused-ring (bicyclic) bond motifs is 4. The number of hydrogen-bond acceptors (Lipinski definition) is 14. The maximum Gasteiger partial charge on any atom is 0.240 e. The number of hydroxylamine groups is 4. The summed E-state index contributed by atoms with van der Waals surface area (Å²) in [6, 6.07) is 10.6. The minimum Gasteiger partial charge on any atom is -0.491 e. The molecule has 418 valence electrons. The van der Waals surface area contributed by atoms with E-state index < -0.39 is 48.3 Å². The number of aliphatic hydroxyl groups excluding tert-OH is 4. The monoisotopic (exact) mass is 1270 g/mol. The van der Waals surface area contributed by atoms with Gasteiger partial charge in [-0.05, 0) is 143 Å². The van der Waals surface area contributed by atoms with Crippen molar-refractivity contribution in [2.45, 2.75) is 143 Å². The SMILES string of the molecule is C=CCOc1c(I)cccc1CN1O[C@@H](CO)[C@@H]([C@H](C)O)[C@H]1C(=O)N[C@H]1CC2C[C@@H]([C@@H]1C)C2(C)C.C[C@@H]1[C@@H](NC(=O)[C@@H]2[C@H]([C@H](C)O)[C@H](CO)ON2Cc2cccc(I)c2OCCN2CCOCC2)CC2C[C@@H]1C2(C)C. The largest absolute Gasteiger partial charge is 0.491 e. The van der Waals surface area contributed by atoms with E-state index in [1.807, 2.05) is 36.4 Å². The molecular weight excluding hydrogens is 1180 g/mol. The van der Waals surface area contributed by atoms with Crippen LogP contribution in [-0.4, -0.2) is 155 Å². The van der Waals surface area contributed by atoms with Crippen LogP contribution in [0.4, 0.5) is 0 Å². The summed E-state index contributed by atoms with van der Waals surface area (Å²) in [7, 11) is 0. The van der Waals surface area contributed by atoms with Gasteiger partial charge in [-0.3, -0.25) is 24.2 Å². The van der Waals surface area contributed by atoms with Crippen LogP contribution in [-0.2, 0) is 37.1 Å². The highest BCUT2D eigenvalue weighted by Crippen LogP contribution is 2.62. The molecule has 18 heteroatoms. The highest BCUT2D eigenvalue weighted by molar-refractivity contribution is 14.1. The molecule has 16 atom stereocenters. The second-order valence-electron chi connectivity index (χ2n) is 23.8. The maximum absolute atomic E-state index is 13.9. The third kappa shape index (κ3) is 12.4. The van der Waals surface area contributed by atoms with Crippen LogP contribution in [0.3, 0.4) is 0 Å². The van der Waals surface area contributed by atoms with E-state index in [2.05, 4.69) is 109 Å². The van der Waals surface area contributed by atoms with Gasteiger partial charge in [-0.2, -0.15) is 10.1 Å². The Morgan fingerprint density at radius 3 is 1.57 bits per heavy atom. The standard InChI is InChI=1S/C30H46IN3O6.C27H39IN2O5/c1-18-22-14-21(30(22,3)4)15-24(18)32-29(37)27-26(19(2)36)25(17-35)40-34(27)16-20-6-5-7-23(31)28(20)39-13-10-33-8-11-38-12-9-33;1-6-10-34-25-17(8-7-9-20(25)28)13-30-24(23(16(3)32)22(14-31)35-30)26(33)29-21-12-18-11-19(15(21)2)27(18,4)5/h5-7,18-19,21-22,24-27,35-36H,8-17H2,1-4H3,(H,32,37);6-9,15-16,18-19,21-24,31-32H,1,10-14H2,2-5H3,(H,29,33)/t18-,19-,21?,22-,24-,25-,26+,27-;15-,16-,18?,19-,21-,22-,23+,24-/m00/s1. The van der Waals surface area contributed by atoms with E-state index in [1.165, 1.54) is 12.8 Å². The number of halogens is 2. The molecule has 9 fully saturated rings. The average Bonchev–Trinajstić information content (AvgIpc) is 3.94. The normalized spacial score (nSPS) is 34.7. The predicted molar refractivity (Wildman–Crippen MR) is 302 cm³/mol. The Labute approximate surface area is 472 Å². The lowest BCUT2D eigenvalue weighted by Crippen LogP contribution is -2.62. The summed E-state index contributed by atoms with van der Waals surface area (Å²) in [4.78, 5) is 42.3. The van der Waals surface area contributed by atoms with Gasteiger partial charge in [-0.1, -0.05) is 78.5 Å². The number of rotatable bonds is 19. The molecule has 0 aromatic heterocycles. The van der Waals surface area contributed by atoms with Crippen molar-refractivity contribution in [2.24, 2.45) is 58.2 Å². The lowest BCUT2D eigenvalue weighted by Gasteiger charge is -2.62. The van der Waals surface area contributed by atoms with Crippen LogP contribution in [0.25, 0.3) is 0 Å². The number of morpholine rings is 1. The Morgan fingerprint density at radius 2 is 1.19 bits per heavy atom. The molecule has 6 saturated carbocycles. The summed E-state index contributed by atoms with van der Waals surface area (Å²) in [5, 5.41) is 51.4. The Bertz CT molecular complexity index is 2280. The molecule has 11 rings (SSSR count). The van der Waals surface area contributed by atoms with Gasteiger partial charge >= 0.3 is 0 Å². The zero-order chi connectivity index (χ0) is 54.1. The van der Waals surface area contributed by atoms with E-state index in [0.29, 0.717) is 72.6 Å². The van der Waals surface area contributed by atoms with Gasteiger partial charge in [0.1, 0.15) is 49.0 Å². The van der Waals surface area contributed by atoms with E-state index in [1.54, 1.807) is 30.0 Å². The molecule has 2 amide bonds. The van der Waals surface area contributed by atoms with E-state index in [-0.39, 0.29) is 37.1 Å². The number of nitrogens with one attached hydrogen (secondary N) is 2. The quantitative estimate of drug-likeness (QED) is 0.0690. The fraction of sp³-hybridized carbons (Fsp3) is 0.719. The van der Waals surface area contributed by atoms with E-state index in [9.17, 15) is 30.0 Å². The fourth-order valence-electron chi connectivity index (χ4n) is 14.2. The van der Waals surface area contributed by atoms with Gasteiger partial charge in [0.15, 0.2) is 0 Å². The van der Waals surface area contributed by atoms with Crippen LogP contribution >= 0.6 is 45.2 Å². The second-order valence-corrected chi connectivity index (χ2v) is 26.2. The maximum atomic E-state index is 13.9. The molecular formula is C57H85I2N5O11. The lowest BCUT2D eigenvalue weighted by molar-refractivity contribution is -0.183. The van der Waals surface area contributed by atoms with Gasteiger partial charge in [0.2, 0.25) is 11.8 Å². The number of hydrogen-bond donors (Lipinski definition) is 6. The number of nitrogens with zero attached hydrogens (tertiary/aromatic N) is 3. The van der Waals surface area contributed by atoms with E-state index in [4.69, 9.17) is 23.9 Å². The van der Waals surface area contributed by atoms with Crippen LogP contribution in [0, 0.1) is 65.3 Å². The second kappa shape index (κ2) is 25.1.